The number of amides is 1. The number of carbonyl (C=O) groups excluding carboxylic acids is 1. The van der Waals surface area contributed by atoms with Gasteiger partial charge in [-0.3, -0.25) is 4.79 Å². The molecule has 21 heavy (non-hydrogen) atoms. The van der Waals surface area contributed by atoms with Crippen molar-refractivity contribution in [3.8, 4) is 12.1 Å². The third kappa shape index (κ3) is 3.61. The first-order chi connectivity index (χ1) is 10.0. The van der Waals surface area contributed by atoms with Gasteiger partial charge in [0.25, 0.3) is 0 Å². The molecule has 0 aliphatic carbocycles. The minimum absolute atomic E-state index is 0.191. The molecular weight excluding hydrogens is 262 g/mol. The second-order valence-electron chi connectivity index (χ2n) is 5.22. The first-order valence-corrected chi connectivity index (χ1v) is 7.24. The standard InChI is InChI=1S/C17H21N3O/c1-4-9-17(13-19,10-5-2)16(21)20(3)15-8-6-7-14(11-15)12-18/h6-8,11H,4-5,9-10H2,1-3H3. The maximum atomic E-state index is 12.8. The van der Waals surface area contributed by atoms with Gasteiger partial charge in [0, 0.05) is 12.7 Å². The Hall–Kier alpha value is -2.33. The average Bonchev–Trinajstić information content (AvgIpc) is 2.53. The normalized spacial score (nSPS) is 10.5. The lowest BCUT2D eigenvalue weighted by Crippen LogP contribution is -2.41. The number of anilines is 1. The van der Waals surface area contributed by atoms with Gasteiger partial charge in [0.05, 0.1) is 17.7 Å². The Morgan fingerprint density at radius 3 is 2.33 bits per heavy atom. The minimum atomic E-state index is -0.971. The van der Waals surface area contributed by atoms with Crippen LogP contribution in [0.2, 0.25) is 0 Å². The smallest absolute Gasteiger partial charge is 0.247 e. The molecule has 0 aromatic heterocycles. The highest BCUT2D eigenvalue weighted by Crippen LogP contribution is 2.33. The van der Waals surface area contributed by atoms with Gasteiger partial charge >= 0.3 is 0 Å². The molecule has 1 aromatic rings. The molecule has 0 unspecified atom stereocenters. The van der Waals surface area contributed by atoms with Gasteiger partial charge in [-0.25, -0.2) is 0 Å². The van der Waals surface area contributed by atoms with Crippen LogP contribution in [0.5, 0.6) is 0 Å². The van der Waals surface area contributed by atoms with Crippen molar-refractivity contribution in [3.05, 3.63) is 29.8 Å². The van der Waals surface area contributed by atoms with Crippen molar-refractivity contribution in [2.24, 2.45) is 5.41 Å². The maximum Gasteiger partial charge on any atom is 0.247 e. The number of hydrogen-bond donors (Lipinski definition) is 0. The lowest BCUT2D eigenvalue weighted by molar-refractivity contribution is -0.125. The highest BCUT2D eigenvalue weighted by Gasteiger charge is 2.39. The Kier molecular flexibility index (Phi) is 5.93. The van der Waals surface area contributed by atoms with E-state index in [9.17, 15) is 10.1 Å². The van der Waals surface area contributed by atoms with Gasteiger partial charge in [0.15, 0.2) is 0 Å². The summed E-state index contributed by atoms with van der Waals surface area (Å²) >= 11 is 0. The van der Waals surface area contributed by atoms with Crippen LogP contribution in [0, 0.1) is 28.1 Å². The van der Waals surface area contributed by atoms with Crippen LogP contribution in [-0.4, -0.2) is 13.0 Å². The van der Waals surface area contributed by atoms with Crippen molar-refractivity contribution < 1.29 is 4.79 Å². The summed E-state index contributed by atoms with van der Waals surface area (Å²) in [5.41, 5.74) is 0.174. The first kappa shape index (κ1) is 16.7. The number of nitriles is 2. The second-order valence-corrected chi connectivity index (χ2v) is 5.22. The summed E-state index contributed by atoms with van der Waals surface area (Å²) in [6.07, 6.45) is 2.67. The molecule has 0 aliphatic heterocycles. The van der Waals surface area contributed by atoms with E-state index in [-0.39, 0.29) is 5.91 Å². The molecule has 0 bridgehead atoms. The summed E-state index contributed by atoms with van der Waals surface area (Å²) in [7, 11) is 1.66. The predicted molar refractivity (Wildman–Crippen MR) is 82.4 cm³/mol. The number of rotatable bonds is 6. The van der Waals surface area contributed by atoms with Gasteiger partial charge in [-0.05, 0) is 31.0 Å². The maximum absolute atomic E-state index is 12.8. The Morgan fingerprint density at radius 1 is 1.24 bits per heavy atom. The summed E-state index contributed by atoms with van der Waals surface area (Å²) in [6, 6.07) is 11.2. The molecule has 0 atom stereocenters. The molecule has 4 nitrogen and oxygen atoms in total. The third-order valence-electron chi connectivity index (χ3n) is 3.64. The molecule has 0 saturated heterocycles. The van der Waals surface area contributed by atoms with Crippen LogP contribution in [0.3, 0.4) is 0 Å². The van der Waals surface area contributed by atoms with Crippen LogP contribution in [0.15, 0.2) is 24.3 Å². The van der Waals surface area contributed by atoms with E-state index in [0.717, 1.165) is 12.8 Å². The number of hydrogen-bond acceptors (Lipinski definition) is 3. The summed E-state index contributed by atoms with van der Waals surface area (Å²) in [6.45, 7) is 3.96. The molecule has 0 fully saturated rings. The molecule has 0 spiro atoms. The van der Waals surface area contributed by atoms with Crippen LogP contribution >= 0.6 is 0 Å². The first-order valence-electron chi connectivity index (χ1n) is 7.24. The fourth-order valence-electron chi connectivity index (χ4n) is 2.57. The van der Waals surface area contributed by atoms with Gasteiger partial charge in [-0.15, -0.1) is 0 Å². The minimum Gasteiger partial charge on any atom is -0.314 e. The highest BCUT2D eigenvalue weighted by atomic mass is 16.2. The van der Waals surface area contributed by atoms with Gasteiger partial charge in [0.1, 0.15) is 5.41 Å². The van der Waals surface area contributed by atoms with E-state index in [4.69, 9.17) is 5.26 Å². The van der Waals surface area contributed by atoms with E-state index in [2.05, 4.69) is 12.1 Å². The predicted octanol–water partition coefficient (Wildman–Crippen LogP) is 3.63. The SMILES string of the molecule is CCCC(C#N)(CCC)C(=O)N(C)c1cccc(C#N)c1. The van der Waals surface area contributed by atoms with Crippen molar-refractivity contribution in [1.82, 2.24) is 0 Å². The Morgan fingerprint density at radius 2 is 1.86 bits per heavy atom. The zero-order valence-electron chi connectivity index (χ0n) is 12.9. The van der Waals surface area contributed by atoms with Crippen LogP contribution in [0.4, 0.5) is 5.69 Å². The summed E-state index contributed by atoms with van der Waals surface area (Å²) in [5, 5.41) is 18.5. The molecule has 0 aliphatic rings. The van der Waals surface area contributed by atoms with Gasteiger partial charge in [-0.1, -0.05) is 32.8 Å². The molecule has 0 N–H and O–H groups in total. The topological polar surface area (TPSA) is 67.9 Å². The summed E-state index contributed by atoms with van der Waals surface area (Å²) in [5.74, 6) is -0.191. The second kappa shape index (κ2) is 7.45. The molecule has 0 saturated carbocycles. The Labute approximate surface area is 126 Å². The number of nitrogens with zero attached hydrogens (tertiary/aromatic N) is 3. The van der Waals surface area contributed by atoms with Crippen molar-refractivity contribution in [1.29, 1.82) is 10.5 Å². The van der Waals surface area contributed by atoms with Gasteiger partial charge in [-0.2, -0.15) is 10.5 Å². The zero-order valence-corrected chi connectivity index (χ0v) is 12.9. The van der Waals surface area contributed by atoms with Crippen LogP contribution in [0.1, 0.15) is 45.1 Å². The lowest BCUT2D eigenvalue weighted by Gasteiger charge is -2.30. The van der Waals surface area contributed by atoms with Gasteiger partial charge in [0.2, 0.25) is 5.91 Å². The molecule has 0 radical (unpaired) electrons. The Balaban J connectivity index is 3.14. The quantitative estimate of drug-likeness (QED) is 0.800. The number of benzene rings is 1. The molecule has 4 heteroatoms. The zero-order chi connectivity index (χ0) is 15.9. The molecule has 1 aromatic carbocycles. The summed E-state index contributed by atoms with van der Waals surface area (Å²) < 4.78 is 0. The molecule has 1 amide bonds. The van der Waals surface area contributed by atoms with Crippen LogP contribution in [-0.2, 0) is 4.79 Å². The Bertz CT molecular complexity index is 574. The van der Waals surface area contributed by atoms with Crippen LogP contribution < -0.4 is 4.90 Å². The number of carbonyl (C=O) groups is 1. The van der Waals surface area contributed by atoms with E-state index in [0.29, 0.717) is 24.1 Å². The van der Waals surface area contributed by atoms with Gasteiger partial charge < -0.3 is 4.90 Å². The molecule has 1 rings (SSSR count). The van der Waals surface area contributed by atoms with E-state index in [1.165, 1.54) is 4.90 Å². The lowest BCUT2D eigenvalue weighted by atomic mass is 9.79. The molecule has 0 heterocycles. The van der Waals surface area contributed by atoms with Crippen molar-refractivity contribution in [2.45, 2.75) is 39.5 Å². The molecular formula is C17H21N3O. The molecule has 110 valence electrons. The van der Waals surface area contributed by atoms with E-state index in [1.807, 2.05) is 13.8 Å². The van der Waals surface area contributed by atoms with E-state index < -0.39 is 5.41 Å². The van der Waals surface area contributed by atoms with Crippen molar-refractivity contribution in [3.63, 3.8) is 0 Å². The van der Waals surface area contributed by atoms with Crippen LogP contribution in [0.25, 0.3) is 0 Å². The van der Waals surface area contributed by atoms with Crippen molar-refractivity contribution >= 4 is 11.6 Å². The van der Waals surface area contributed by atoms with E-state index in [1.54, 1.807) is 31.3 Å². The van der Waals surface area contributed by atoms with Crippen molar-refractivity contribution in [2.75, 3.05) is 11.9 Å². The average molecular weight is 283 g/mol. The summed E-state index contributed by atoms with van der Waals surface area (Å²) in [4.78, 5) is 14.3. The largest absolute Gasteiger partial charge is 0.314 e. The fourth-order valence-corrected chi connectivity index (χ4v) is 2.57. The van der Waals surface area contributed by atoms with E-state index >= 15 is 0 Å². The highest BCUT2D eigenvalue weighted by molar-refractivity contribution is 5.99. The third-order valence-corrected chi connectivity index (χ3v) is 3.64. The fraction of sp³-hybridized carbons (Fsp3) is 0.471. The monoisotopic (exact) mass is 283 g/mol.